The number of carboxylic acids is 1. The van der Waals surface area contributed by atoms with E-state index in [-0.39, 0.29) is 17.9 Å². The molecular formula is C11H18N2O3. The van der Waals surface area contributed by atoms with Gasteiger partial charge < -0.3 is 15.3 Å². The highest BCUT2D eigenvalue weighted by Gasteiger charge is 2.33. The number of urea groups is 1. The molecule has 0 bridgehead atoms. The standard InChI is InChI=1S/C11H18N2O3/c14-10(15)9-4-2-1-3-8(9)7-13-6-5-12-11(13)16/h8-9H,1-7H2,(H,12,16)(H,14,15). The van der Waals surface area contributed by atoms with Crippen molar-refractivity contribution in [1.29, 1.82) is 0 Å². The lowest BCUT2D eigenvalue weighted by Gasteiger charge is -2.31. The maximum atomic E-state index is 11.4. The molecule has 0 aromatic carbocycles. The van der Waals surface area contributed by atoms with Crippen molar-refractivity contribution in [3.05, 3.63) is 0 Å². The van der Waals surface area contributed by atoms with Crippen molar-refractivity contribution in [2.75, 3.05) is 19.6 Å². The van der Waals surface area contributed by atoms with Crippen LogP contribution in [0.4, 0.5) is 4.79 Å². The summed E-state index contributed by atoms with van der Waals surface area (Å²) in [4.78, 5) is 24.2. The van der Waals surface area contributed by atoms with Crippen LogP contribution in [-0.4, -0.2) is 41.6 Å². The van der Waals surface area contributed by atoms with E-state index < -0.39 is 5.97 Å². The molecule has 1 aliphatic heterocycles. The number of hydrogen-bond donors (Lipinski definition) is 2. The number of nitrogens with one attached hydrogen (secondary N) is 1. The summed E-state index contributed by atoms with van der Waals surface area (Å²) in [6, 6.07) is -0.0466. The van der Waals surface area contributed by atoms with Crippen molar-refractivity contribution in [1.82, 2.24) is 10.2 Å². The number of hydrogen-bond acceptors (Lipinski definition) is 2. The summed E-state index contributed by atoms with van der Waals surface area (Å²) in [5.74, 6) is -0.832. The quantitative estimate of drug-likeness (QED) is 0.751. The molecule has 1 heterocycles. The Morgan fingerprint density at radius 2 is 2.19 bits per heavy atom. The van der Waals surface area contributed by atoms with Crippen molar-refractivity contribution < 1.29 is 14.7 Å². The Morgan fingerprint density at radius 3 is 2.81 bits per heavy atom. The lowest BCUT2D eigenvalue weighted by atomic mass is 9.79. The SMILES string of the molecule is O=C(O)C1CCCCC1CN1CCNC1=O. The van der Waals surface area contributed by atoms with E-state index in [1.807, 2.05) is 0 Å². The molecule has 90 valence electrons. The second kappa shape index (κ2) is 4.72. The van der Waals surface area contributed by atoms with E-state index in [2.05, 4.69) is 5.32 Å². The van der Waals surface area contributed by atoms with E-state index in [1.165, 1.54) is 0 Å². The van der Waals surface area contributed by atoms with Crippen molar-refractivity contribution in [2.24, 2.45) is 11.8 Å². The van der Waals surface area contributed by atoms with Gasteiger partial charge in [-0.15, -0.1) is 0 Å². The third kappa shape index (κ3) is 2.28. The fourth-order valence-electron chi connectivity index (χ4n) is 2.72. The normalized spacial score (nSPS) is 30.2. The Morgan fingerprint density at radius 1 is 1.44 bits per heavy atom. The maximum Gasteiger partial charge on any atom is 0.317 e. The molecule has 16 heavy (non-hydrogen) atoms. The highest BCUT2D eigenvalue weighted by atomic mass is 16.4. The lowest BCUT2D eigenvalue weighted by Crippen LogP contribution is -2.38. The maximum absolute atomic E-state index is 11.4. The minimum atomic E-state index is -0.704. The average molecular weight is 226 g/mol. The molecule has 2 fully saturated rings. The fraction of sp³-hybridized carbons (Fsp3) is 0.818. The van der Waals surface area contributed by atoms with Crippen LogP contribution in [0.5, 0.6) is 0 Å². The Balaban J connectivity index is 1.95. The lowest BCUT2D eigenvalue weighted by molar-refractivity contribution is -0.145. The van der Waals surface area contributed by atoms with Crippen LogP contribution >= 0.6 is 0 Å². The molecule has 1 saturated carbocycles. The number of rotatable bonds is 3. The van der Waals surface area contributed by atoms with Gasteiger partial charge in [0.05, 0.1) is 5.92 Å². The Kier molecular flexibility index (Phi) is 3.31. The molecule has 0 radical (unpaired) electrons. The molecule has 0 aromatic rings. The van der Waals surface area contributed by atoms with Gasteiger partial charge in [-0.2, -0.15) is 0 Å². The highest BCUT2D eigenvalue weighted by molar-refractivity contribution is 5.76. The number of carbonyl (C=O) groups excluding carboxylic acids is 1. The van der Waals surface area contributed by atoms with Crippen LogP contribution < -0.4 is 5.32 Å². The smallest absolute Gasteiger partial charge is 0.317 e. The molecule has 2 rings (SSSR count). The van der Waals surface area contributed by atoms with Gasteiger partial charge in [0, 0.05) is 19.6 Å². The van der Waals surface area contributed by atoms with Crippen molar-refractivity contribution in [3.8, 4) is 0 Å². The average Bonchev–Trinajstić information content (AvgIpc) is 2.65. The summed E-state index contributed by atoms with van der Waals surface area (Å²) in [5, 5.41) is 11.9. The van der Waals surface area contributed by atoms with Gasteiger partial charge in [0.15, 0.2) is 0 Å². The predicted molar refractivity (Wildman–Crippen MR) is 58.1 cm³/mol. The van der Waals surface area contributed by atoms with E-state index in [9.17, 15) is 9.59 Å². The van der Waals surface area contributed by atoms with Crippen LogP contribution in [0.25, 0.3) is 0 Å². The van der Waals surface area contributed by atoms with E-state index >= 15 is 0 Å². The van der Waals surface area contributed by atoms with Gasteiger partial charge in [-0.1, -0.05) is 12.8 Å². The van der Waals surface area contributed by atoms with E-state index in [4.69, 9.17) is 5.11 Å². The Hall–Kier alpha value is -1.26. The molecule has 2 atom stereocenters. The zero-order chi connectivity index (χ0) is 11.5. The van der Waals surface area contributed by atoms with E-state index in [0.717, 1.165) is 25.7 Å². The Bertz CT molecular complexity index is 293. The van der Waals surface area contributed by atoms with E-state index in [1.54, 1.807) is 4.90 Å². The number of nitrogens with zero attached hydrogens (tertiary/aromatic N) is 1. The molecular weight excluding hydrogens is 208 g/mol. The molecule has 5 heteroatoms. The van der Waals surface area contributed by atoms with Crippen LogP contribution in [0.15, 0.2) is 0 Å². The van der Waals surface area contributed by atoms with Gasteiger partial charge in [-0.05, 0) is 18.8 Å². The first-order valence-electron chi connectivity index (χ1n) is 5.94. The number of carboxylic acid groups (broad SMARTS) is 1. The van der Waals surface area contributed by atoms with Crippen LogP contribution in [0, 0.1) is 11.8 Å². The summed E-state index contributed by atoms with van der Waals surface area (Å²) in [6.07, 6.45) is 3.78. The van der Waals surface area contributed by atoms with Gasteiger partial charge >= 0.3 is 12.0 Å². The zero-order valence-corrected chi connectivity index (χ0v) is 9.32. The largest absolute Gasteiger partial charge is 0.481 e. The van der Waals surface area contributed by atoms with Crippen LogP contribution in [0.3, 0.4) is 0 Å². The van der Waals surface area contributed by atoms with Crippen molar-refractivity contribution >= 4 is 12.0 Å². The minimum Gasteiger partial charge on any atom is -0.481 e. The molecule has 0 aromatic heterocycles. The third-order valence-electron chi connectivity index (χ3n) is 3.63. The number of carbonyl (C=O) groups is 2. The first-order chi connectivity index (χ1) is 7.68. The molecule has 1 saturated heterocycles. The summed E-state index contributed by atoms with van der Waals surface area (Å²) in [5.41, 5.74) is 0. The summed E-state index contributed by atoms with van der Waals surface area (Å²) >= 11 is 0. The topological polar surface area (TPSA) is 69.6 Å². The van der Waals surface area contributed by atoms with Gasteiger partial charge in [-0.25, -0.2) is 4.79 Å². The van der Waals surface area contributed by atoms with Crippen LogP contribution in [0.2, 0.25) is 0 Å². The summed E-state index contributed by atoms with van der Waals surface area (Å²) in [6.45, 7) is 1.99. The predicted octanol–water partition coefficient (Wildman–Crippen LogP) is 0.903. The monoisotopic (exact) mass is 226 g/mol. The highest BCUT2D eigenvalue weighted by Crippen LogP contribution is 2.31. The molecule has 2 amide bonds. The molecule has 2 unspecified atom stereocenters. The molecule has 1 aliphatic carbocycles. The van der Waals surface area contributed by atoms with Crippen LogP contribution in [0.1, 0.15) is 25.7 Å². The van der Waals surface area contributed by atoms with Gasteiger partial charge in [0.1, 0.15) is 0 Å². The molecule has 5 nitrogen and oxygen atoms in total. The van der Waals surface area contributed by atoms with Crippen LogP contribution in [-0.2, 0) is 4.79 Å². The first-order valence-corrected chi connectivity index (χ1v) is 5.94. The van der Waals surface area contributed by atoms with Crippen molar-refractivity contribution in [2.45, 2.75) is 25.7 Å². The summed E-state index contributed by atoms with van der Waals surface area (Å²) < 4.78 is 0. The summed E-state index contributed by atoms with van der Waals surface area (Å²) in [7, 11) is 0. The zero-order valence-electron chi connectivity index (χ0n) is 9.32. The first kappa shape index (κ1) is 11.2. The fourth-order valence-corrected chi connectivity index (χ4v) is 2.72. The molecule has 2 N–H and O–H groups in total. The molecule has 0 spiro atoms. The second-order valence-electron chi connectivity index (χ2n) is 4.67. The number of amides is 2. The van der Waals surface area contributed by atoms with Gasteiger partial charge in [0.2, 0.25) is 0 Å². The molecule has 2 aliphatic rings. The third-order valence-corrected chi connectivity index (χ3v) is 3.63. The van der Waals surface area contributed by atoms with Gasteiger partial charge in [0.25, 0.3) is 0 Å². The van der Waals surface area contributed by atoms with Gasteiger partial charge in [-0.3, -0.25) is 4.79 Å². The van der Waals surface area contributed by atoms with E-state index in [0.29, 0.717) is 19.6 Å². The Labute approximate surface area is 94.8 Å². The minimum absolute atomic E-state index is 0.0466. The second-order valence-corrected chi connectivity index (χ2v) is 4.67. The number of aliphatic carboxylic acids is 1. The van der Waals surface area contributed by atoms with Crippen molar-refractivity contribution in [3.63, 3.8) is 0 Å².